The summed E-state index contributed by atoms with van der Waals surface area (Å²) in [6.07, 6.45) is 7.26. The van der Waals surface area contributed by atoms with Gasteiger partial charge >= 0.3 is 0 Å². The second-order valence-electron chi connectivity index (χ2n) is 6.00. The van der Waals surface area contributed by atoms with Crippen LogP contribution in [0.4, 0.5) is 0 Å². The summed E-state index contributed by atoms with van der Waals surface area (Å²) < 4.78 is 6.29. The third-order valence-electron chi connectivity index (χ3n) is 4.90. The van der Waals surface area contributed by atoms with Crippen molar-refractivity contribution in [3.8, 4) is 5.75 Å². The van der Waals surface area contributed by atoms with Crippen molar-refractivity contribution in [2.45, 2.75) is 63.9 Å². The summed E-state index contributed by atoms with van der Waals surface area (Å²) in [6, 6.07) is 4.11. The topological polar surface area (TPSA) is 22.1 Å². The lowest BCUT2D eigenvalue weighted by Crippen LogP contribution is -2.55. The number of ether oxygens (including phenoxy) is 1. The highest BCUT2D eigenvalue weighted by Gasteiger charge is 2.57. The molecule has 0 aromatic carbocycles. The Balaban J connectivity index is 1.79. The maximum absolute atomic E-state index is 6.48. The van der Waals surface area contributed by atoms with E-state index in [0.717, 1.165) is 30.0 Å². The van der Waals surface area contributed by atoms with E-state index in [1.807, 2.05) is 13.0 Å². The highest BCUT2D eigenvalue weighted by Crippen LogP contribution is 2.57. The Morgan fingerprint density at radius 1 is 1.37 bits per heavy atom. The smallest absolute Gasteiger partial charge is 0.141 e. The van der Waals surface area contributed by atoms with Crippen LogP contribution in [0.3, 0.4) is 0 Å². The standard InChI is InChI=1S/C16H22ClNO/c1-3-12-13(7-6-11(2)18-12)19-15-10-14(17)16(15)8-4-5-9-16/h6-7,14-15H,3-5,8-10H2,1-2H3. The van der Waals surface area contributed by atoms with Crippen molar-refractivity contribution in [2.24, 2.45) is 5.41 Å². The molecule has 104 valence electrons. The molecule has 3 heteroatoms. The molecule has 0 N–H and O–H groups in total. The van der Waals surface area contributed by atoms with E-state index in [1.54, 1.807) is 0 Å². The number of hydrogen-bond donors (Lipinski definition) is 0. The largest absolute Gasteiger partial charge is 0.488 e. The van der Waals surface area contributed by atoms with Crippen molar-refractivity contribution in [3.63, 3.8) is 0 Å². The maximum atomic E-state index is 6.48. The molecule has 2 unspecified atom stereocenters. The van der Waals surface area contributed by atoms with Gasteiger partial charge in [-0.25, -0.2) is 0 Å². The first-order valence-corrected chi connectivity index (χ1v) is 7.86. The van der Waals surface area contributed by atoms with E-state index in [0.29, 0.717) is 11.5 Å². The fourth-order valence-electron chi connectivity index (χ4n) is 3.64. The molecule has 1 heterocycles. The van der Waals surface area contributed by atoms with Gasteiger partial charge < -0.3 is 4.74 Å². The second-order valence-corrected chi connectivity index (χ2v) is 6.53. The van der Waals surface area contributed by atoms with Gasteiger partial charge in [-0.1, -0.05) is 19.8 Å². The Labute approximate surface area is 120 Å². The van der Waals surface area contributed by atoms with E-state index < -0.39 is 0 Å². The average Bonchev–Trinajstić information content (AvgIpc) is 2.92. The fraction of sp³-hybridized carbons (Fsp3) is 0.688. The molecule has 2 saturated carbocycles. The van der Waals surface area contributed by atoms with Crippen LogP contribution in [0.25, 0.3) is 0 Å². The first-order valence-electron chi connectivity index (χ1n) is 7.43. The predicted molar refractivity (Wildman–Crippen MR) is 77.9 cm³/mol. The number of hydrogen-bond acceptors (Lipinski definition) is 2. The lowest BCUT2D eigenvalue weighted by Gasteiger charge is -2.51. The van der Waals surface area contributed by atoms with Gasteiger partial charge in [0.25, 0.3) is 0 Å². The molecule has 2 nitrogen and oxygen atoms in total. The van der Waals surface area contributed by atoms with Crippen molar-refractivity contribution in [1.82, 2.24) is 4.98 Å². The number of alkyl halides is 1. The number of nitrogens with zero attached hydrogens (tertiary/aromatic N) is 1. The highest BCUT2D eigenvalue weighted by atomic mass is 35.5. The molecule has 2 aliphatic rings. The predicted octanol–water partition coefficient (Wildman–Crippen LogP) is 4.27. The molecule has 0 radical (unpaired) electrons. The fourth-order valence-corrected chi connectivity index (χ4v) is 4.16. The lowest BCUT2D eigenvalue weighted by atomic mass is 9.64. The van der Waals surface area contributed by atoms with Crippen LogP contribution in [0.2, 0.25) is 0 Å². The summed E-state index contributed by atoms with van der Waals surface area (Å²) in [5.74, 6) is 0.966. The summed E-state index contributed by atoms with van der Waals surface area (Å²) in [5, 5.41) is 0.309. The van der Waals surface area contributed by atoms with Crippen LogP contribution in [0.5, 0.6) is 5.75 Å². The number of halogens is 1. The number of aromatic nitrogens is 1. The molecule has 0 saturated heterocycles. The van der Waals surface area contributed by atoms with E-state index in [2.05, 4.69) is 18.0 Å². The van der Waals surface area contributed by atoms with E-state index in [1.165, 1.54) is 25.7 Å². The van der Waals surface area contributed by atoms with E-state index in [9.17, 15) is 0 Å². The molecule has 0 bridgehead atoms. The number of aryl methyl sites for hydroxylation is 2. The Hall–Kier alpha value is -0.760. The molecule has 19 heavy (non-hydrogen) atoms. The van der Waals surface area contributed by atoms with Crippen LogP contribution < -0.4 is 4.74 Å². The molecule has 0 aliphatic heterocycles. The van der Waals surface area contributed by atoms with Gasteiger partial charge in [-0.3, -0.25) is 4.98 Å². The molecule has 1 aromatic rings. The minimum Gasteiger partial charge on any atom is -0.488 e. The summed E-state index contributed by atoms with van der Waals surface area (Å²) in [6.45, 7) is 4.16. The molecule has 2 aliphatic carbocycles. The van der Waals surface area contributed by atoms with Crippen LogP contribution in [0.15, 0.2) is 12.1 Å². The van der Waals surface area contributed by atoms with Gasteiger partial charge in [0.2, 0.25) is 0 Å². The van der Waals surface area contributed by atoms with Gasteiger partial charge in [0, 0.05) is 22.9 Å². The normalized spacial score (nSPS) is 28.4. The summed E-state index contributed by atoms with van der Waals surface area (Å²) in [7, 11) is 0. The first-order chi connectivity index (χ1) is 9.15. The molecular weight excluding hydrogens is 258 g/mol. The van der Waals surface area contributed by atoms with E-state index in [-0.39, 0.29) is 5.41 Å². The Morgan fingerprint density at radius 2 is 2.11 bits per heavy atom. The zero-order valence-corrected chi connectivity index (χ0v) is 12.5. The molecule has 2 fully saturated rings. The third-order valence-corrected chi connectivity index (χ3v) is 5.51. The summed E-state index contributed by atoms with van der Waals surface area (Å²) >= 11 is 6.48. The van der Waals surface area contributed by atoms with Crippen LogP contribution in [-0.2, 0) is 6.42 Å². The third kappa shape index (κ3) is 2.14. The minimum atomic E-state index is 0.247. The molecule has 2 atom stereocenters. The average molecular weight is 280 g/mol. The van der Waals surface area contributed by atoms with Gasteiger partial charge in [0.05, 0.1) is 5.69 Å². The van der Waals surface area contributed by atoms with Crippen molar-refractivity contribution in [1.29, 1.82) is 0 Å². The SMILES string of the molecule is CCc1nc(C)ccc1OC1CC(Cl)C12CCCC2. The van der Waals surface area contributed by atoms with Gasteiger partial charge in [-0.15, -0.1) is 11.6 Å². The van der Waals surface area contributed by atoms with Crippen LogP contribution in [0.1, 0.15) is 50.4 Å². The Morgan fingerprint density at radius 3 is 2.74 bits per heavy atom. The molecule has 0 amide bonds. The van der Waals surface area contributed by atoms with Gasteiger partial charge in [0.1, 0.15) is 11.9 Å². The summed E-state index contributed by atoms with van der Waals surface area (Å²) in [5.41, 5.74) is 2.38. The van der Waals surface area contributed by atoms with Crippen molar-refractivity contribution >= 4 is 11.6 Å². The molecule has 1 spiro atoms. The number of rotatable bonds is 3. The van der Waals surface area contributed by atoms with Crippen LogP contribution in [0, 0.1) is 12.3 Å². The van der Waals surface area contributed by atoms with Gasteiger partial charge in [-0.2, -0.15) is 0 Å². The van der Waals surface area contributed by atoms with Crippen molar-refractivity contribution < 1.29 is 4.74 Å². The summed E-state index contributed by atoms with van der Waals surface area (Å²) in [4.78, 5) is 4.58. The monoisotopic (exact) mass is 279 g/mol. The van der Waals surface area contributed by atoms with Crippen LogP contribution >= 0.6 is 11.6 Å². The first kappa shape index (κ1) is 13.2. The molecule has 3 rings (SSSR count). The molecular formula is C16H22ClNO. The minimum absolute atomic E-state index is 0.247. The zero-order valence-electron chi connectivity index (χ0n) is 11.8. The molecule has 1 aromatic heterocycles. The van der Waals surface area contributed by atoms with Gasteiger partial charge in [0.15, 0.2) is 0 Å². The highest BCUT2D eigenvalue weighted by molar-refractivity contribution is 6.21. The second kappa shape index (κ2) is 4.97. The van der Waals surface area contributed by atoms with Crippen LogP contribution in [-0.4, -0.2) is 16.5 Å². The quantitative estimate of drug-likeness (QED) is 0.771. The lowest BCUT2D eigenvalue weighted by molar-refractivity contribution is -0.0362. The van der Waals surface area contributed by atoms with Crippen molar-refractivity contribution in [3.05, 3.63) is 23.5 Å². The zero-order chi connectivity index (χ0) is 13.5. The Kier molecular flexibility index (Phi) is 3.46. The Bertz CT molecular complexity index is 468. The van der Waals surface area contributed by atoms with E-state index >= 15 is 0 Å². The maximum Gasteiger partial charge on any atom is 0.141 e. The van der Waals surface area contributed by atoms with Crippen molar-refractivity contribution in [2.75, 3.05) is 0 Å². The number of pyridine rings is 1. The van der Waals surface area contributed by atoms with E-state index in [4.69, 9.17) is 16.3 Å². The van der Waals surface area contributed by atoms with Gasteiger partial charge in [-0.05, 0) is 38.3 Å².